The first-order valence-electron chi connectivity index (χ1n) is 7.62. The fourth-order valence-electron chi connectivity index (χ4n) is 3.30. The number of aliphatic hydroxyl groups excluding tert-OH is 1. The zero-order valence-corrected chi connectivity index (χ0v) is 12.4. The lowest BCUT2D eigenvalue weighted by Crippen LogP contribution is -2.38. The molecule has 0 saturated carbocycles. The standard InChI is InChI=1S/C17H27NO/c1-4-16-11-10-14(3)18(16)12-13(2)17(19)15-8-6-5-7-9-15/h5-9,13-14,16-17,19H,4,10-12H2,1-3H3. The van der Waals surface area contributed by atoms with Crippen molar-refractivity contribution in [2.24, 2.45) is 5.92 Å². The number of aliphatic hydroxyl groups is 1. The molecule has 1 fully saturated rings. The van der Waals surface area contributed by atoms with Crippen molar-refractivity contribution in [2.45, 2.75) is 58.2 Å². The van der Waals surface area contributed by atoms with E-state index >= 15 is 0 Å². The summed E-state index contributed by atoms with van der Waals surface area (Å²) in [7, 11) is 0. The summed E-state index contributed by atoms with van der Waals surface area (Å²) in [5, 5.41) is 10.5. The van der Waals surface area contributed by atoms with Crippen molar-refractivity contribution in [1.82, 2.24) is 4.90 Å². The molecule has 106 valence electrons. The zero-order valence-electron chi connectivity index (χ0n) is 12.4. The molecule has 0 radical (unpaired) electrons. The van der Waals surface area contributed by atoms with Crippen LogP contribution < -0.4 is 0 Å². The summed E-state index contributed by atoms with van der Waals surface area (Å²) in [6.45, 7) is 7.75. The molecule has 1 heterocycles. The summed E-state index contributed by atoms with van der Waals surface area (Å²) in [5.41, 5.74) is 1.04. The quantitative estimate of drug-likeness (QED) is 0.875. The molecule has 2 rings (SSSR count). The number of hydrogen-bond acceptors (Lipinski definition) is 2. The third kappa shape index (κ3) is 3.37. The highest BCUT2D eigenvalue weighted by Gasteiger charge is 2.31. The summed E-state index contributed by atoms with van der Waals surface area (Å²) >= 11 is 0. The number of hydrogen-bond donors (Lipinski definition) is 1. The molecule has 1 N–H and O–H groups in total. The SMILES string of the molecule is CCC1CCC(C)N1CC(C)C(O)c1ccccc1. The smallest absolute Gasteiger partial charge is 0.0827 e. The third-order valence-corrected chi connectivity index (χ3v) is 4.60. The molecule has 0 aliphatic carbocycles. The maximum absolute atomic E-state index is 10.5. The first-order chi connectivity index (χ1) is 9.13. The van der Waals surface area contributed by atoms with Gasteiger partial charge in [-0.25, -0.2) is 0 Å². The van der Waals surface area contributed by atoms with E-state index in [0.717, 1.165) is 12.1 Å². The van der Waals surface area contributed by atoms with Gasteiger partial charge in [0.1, 0.15) is 0 Å². The van der Waals surface area contributed by atoms with Crippen LogP contribution in [0.15, 0.2) is 30.3 Å². The highest BCUT2D eigenvalue weighted by atomic mass is 16.3. The van der Waals surface area contributed by atoms with E-state index in [0.29, 0.717) is 12.1 Å². The maximum Gasteiger partial charge on any atom is 0.0827 e. The fourth-order valence-corrected chi connectivity index (χ4v) is 3.30. The van der Waals surface area contributed by atoms with Crippen LogP contribution in [0.3, 0.4) is 0 Å². The number of likely N-dealkylation sites (tertiary alicyclic amines) is 1. The van der Waals surface area contributed by atoms with Crippen LogP contribution in [0, 0.1) is 5.92 Å². The topological polar surface area (TPSA) is 23.5 Å². The van der Waals surface area contributed by atoms with Crippen LogP contribution in [-0.4, -0.2) is 28.6 Å². The molecule has 1 aromatic carbocycles. The Morgan fingerprint density at radius 1 is 1.26 bits per heavy atom. The summed E-state index contributed by atoms with van der Waals surface area (Å²) in [6, 6.07) is 11.4. The highest BCUT2D eigenvalue weighted by Crippen LogP contribution is 2.30. The number of nitrogens with zero attached hydrogens (tertiary/aromatic N) is 1. The van der Waals surface area contributed by atoms with Gasteiger partial charge in [-0.05, 0) is 37.7 Å². The van der Waals surface area contributed by atoms with Gasteiger partial charge in [0.2, 0.25) is 0 Å². The molecule has 2 nitrogen and oxygen atoms in total. The van der Waals surface area contributed by atoms with Crippen molar-refractivity contribution in [2.75, 3.05) is 6.54 Å². The van der Waals surface area contributed by atoms with Crippen molar-refractivity contribution >= 4 is 0 Å². The minimum Gasteiger partial charge on any atom is -0.388 e. The molecule has 1 aliphatic rings. The molecule has 1 saturated heterocycles. The Bertz CT molecular complexity index is 378. The summed E-state index contributed by atoms with van der Waals surface area (Å²) < 4.78 is 0. The predicted molar refractivity (Wildman–Crippen MR) is 80.0 cm³/mol. The Hall–Kier alpha value is -0.860. The highest BCUT2D eigenvalue weighted by molar-refractivity contribution is 5.17. The van der Waals surface area contributed by atoms with E-state index in [1.54, 1.807) is 0 Å². The van der Waals surface area contributed by atoms with Crippen LogP contribution in [-0.2, 0) is 0 Å². The molecule has 0 bridgehead atoms. The van der Waals surface area contributed by atoms with Crippen molar-refractivity contribution in [1.29, 1.82) is 0 Å². The van der Waals surface area contributed by atoms with Crippen molar-refractivity contribution in [3.8, 4) is 0 Å². The molecule has 2 heteroatoms. The van der Waals surface area contributed by atoms with E-state index in [1.807, 2.05) is 30.3 Å². The third-order valence-electron chi connectivity index (χ3n) is 4.60. The summed E-state index contributed by atoms with van der Waals surface area (Å²) in [4.78, 5) is 2.59. The lowest BCUT2D eigenvalue weighted by atomic mass is 9.96. The monoisotopic (exact) mass is 261 g/mol. The Kier molecular flexibility index (Phi) is 5.00. The van der Waals surface area contributed by atoms with E-state index in [9.17, 15) is 5.11 Å². The molecular weight excluding hydrogens is 234 g/mol. The van der Waals surface area contributed by atoms with Gasteiger partial charge in [0, 0.05) is 18.6 Å². The minimum absolute atomic E-state index is 0.275. The summed E-state index contributed by atoms with van der Waals surface area (Å²) in [5.74, 6) is 0.275. The van der Waals surface area contributed by atoms with E-state index < -0.39 is 0 Å². The van der Waals surface area contributed by atoms with Crippen molar-refractivity contribution < 1.29 is 5.11 Å². The second kappa shape index (κ2) is 6.53. The Morgan fingerprint density at radius 2 is 1.95 bits per heavy atom. The zero-order chi connectivity index (χ0) is 13.8. The molecule has 4 unspecified atom stereocenters. The second-order valence-corrected chi connectivity index (χ2v) is 6.02. The van der Waals surface area contributed by atoms with Gasteiger partial charge in [0.15, 0.2) is 0 Å². The number of rotatable bonds is 5. The largest absolute Gasteiger partial charge is 0.388 e. The Morgan fingerprint density at radius 3 is 2.58 bits per heavy atom. The van der Waals surface area contributed by atoms with Crippen LogP contribution in [0.25, 0.3) is 0 Å². The van der Waals surface area contributed by atoms with Gasteiger partial charge in [-0.3, -0.25) is 4.90 Å². The van der Waals surface area contributed by atoms with Crippen LogP contribution in [0.5, 0.6) is 0 Å². The van der Waals surface area contributed by atoms with Gasteiger partial charge >= 0.3 is 0 Å². The summed E-state index contributed by atoms with van der Waals surface area (Å²) in [6.07, 6.45) is 3.48. The molecule has 0 aromatic heterocycles. The van der Waals surface area contributed by atoms with Gasteiger partial charge in [-0.2, -0.15) is 0 Å². The second-order valence-electron chi connectivity index (χ2n) is 6.02. The average Bonchev–Trinajstić information content (AvgIpc) is 2.79. The van der Waals surface area contributed by atoms with Crippen LogP contribution in [0.2, 0.25) is 0 Å². The van der Waals surface area contributed by atoms with Gasteiger partial charge in [-0.1, -0.05) is 44.2 Å². The predicted octanol–water partition coefficient (Wildman–Crippen LogP) is 3.62. The molecule has 0 amide bonds. The van der Waals surface area contributed by atoms with E-state index in [4.69, 9.17) is 0 Å². The Balaban J connectivity index is 1.98. The molecule has 4 atom stereocenters. The minimum atomic E-state index is -0.355. The van der Waals surface area contributed by atoms with Crippen LogP contribution in [0.1, 0.15) is 51.7 Å². The number of benzene rings is 1. The molecule has 1 aromatic rings. The van der Waals surface area contributed by atoms with Gasteiger partial charge < -0.3 is 5.11 Å². The molecule has 1 aliphatic heterocycles. The van der Waals surface area contributed by atoms with Crippen LogP contribution >= 0.6 is 0 Å². The van der Waals surface area contributed by atoms with Crippen molar-refractivity contribution in [3.63, 3.8) is 0 Å². The van der Waals surface area contributed by atoms with E-state index in [-0.39, 0.29) is 12.0 Å². The van der Waals surface area contributed by atoms with Crippen LogP contribution in [0.4, 0.5) is 0 Å². The Labute approximate surface area is 117 Å². The van der Waals surface area contributed by atoms with E-state index in [1.165, 1.54) is 19.3 Å². The molecular formula is C17H27NO. The van der Waals surface area contributed by atoms with Gasteiger partial charge in [0.05, 0.1) is 6.10 Å². The van der Waals surface area contributed by atoms with Gasteiger partial charge in [0.25, 0.3) is 0 Å². The van der Waals surface area contributed by atoms with E-state index in [2.05, 4.69) is 25.7 Å². The average molecular weight is 261 g/mol. The lowest BCUT2D eigenvalue weighted by molar-refractivity contribution is 0.0725. The molecule has 19 heavy (non-hydrogen) atoms. The molecule has 0 spiro atoms. The fraction of sp³-hybridized carbons (Fsp3) is 0.647. The van der Waals surface area contributed by atoms with Gasteiger partial charge in [-0.15, -0.1) is 0 Å². The first kappa shape index (κ1) is 14.5. The first-order valence-corrected chi connectivity index (χ1v) is 7.62. The maximum atomic E-state index is 10.5. The van der Waals surface area contributed by atoms with Crippen molar-refractivity contribution in [3.05, 3.63) is 35.9 Å². The lowest BCUT2D eigenvalue weighted by Gasteiger charge is -2.32. The normalized spacial score (nSPS) is 27.4.